The average Bonchev–Trinajstić information content (AvgIpc) is 2.43. The molecule has 19 heavy (non-hydrogen) atoms. The second-order valence-corrected chi connectivity index (χ2v) is 6.14. The second kappa shape index (κ2) is 16.0. The van der Waals surface area contributed by atoms with Gasteiger partial charge in [-0.25, -0.2) is 0 Å². The van der Waals surface area contributed by atoms with Gasteiger partial charge in [0.15, 0.2) is 0 Å². The summed E-state index contributed by atoms with van der Waals surface area (Å²) in [5, 5.41) is 10.5. The molecule has 2 N–H and O–H groups in total. The van der Waals surface area contributed by atoms with E-state index in [0.29, 0.717) is 0 Å². The predicted octanol–water partition coefficient (Wildman–Crippen LogP) is 4.92. The molecule has 0 radical (unpaired) electrons. The van der Waals surface area contributed by atoms with Crippen LogP contribution in [0.5, 0.6) is 0 Å². The van der Waals surface area contributed by atoms with Crippen molar-refractivity contribution in [1.82, 2.24) is 0 Å². The van der Waals surface area contributed by atoms with Crippen molar-refractivity contribution in [2.45, 2.75) is 110 Å². The van der Waals surface area contributed by atoms with Crippen LogP contribution in [0, 0.1) is 5.21 Å². The van der Waals surface area contributed by atoms with E-state index in [0.717, 1.165) is 11.9 Å². The van der Waals surface area contributed by atoms with Gasteiger partial charge in [0, 0.05) is 0 Å². The summed E-state index contributed by atoms with van der Waals surface area (Å²) >= 11 is 0. The van der Waals surface area contributed by atoms with Gasteiger partial charge >= 0.3 is 0 Å². The van der Waals surface area contributed by atoms with Gasteiger partial charge in [0.1, 0.15) is 0 Å². The van der Waals surface area contributed by atoms with Crippen molar-refractivity contribution in [3.8, 4) is 0 Å². The van der Waals surface area contributed by atoms with Crippen LogP contribution in [0.1, 0.15) is 104 Å². The van der Waals surface area contributed by atoms with Gasteiger partial charge < -0.3 is 10.7 Å². The van der Waals surface area contributed by atoms with Gasteiger partial charge in [0.2, 0.25) is 0 Å². The number of hydrogen-bond donors (Lipinski definition) is 1. The van der Waals surface area contributed by atoms with Gasteiger partial charge in [-0.2, -0.15) is 0 Å². The lowest BCUT2D eigenvalue weighted by Crippen LogP contribution is -2.83. The van der Waals surface area contributed by atoms with Crippen LogP contribution in [-0.2, 0) is 0 Å². The zero-order chi connectivity index (χ0) is 14.2. The number of unbranched alkanes of at least 4 members (excludes halogenated alkanes) is 12. The van der Waals surface area contributed by atoms with Crippen LogP contribution in [0.15, 0.2) is 0 Å². The Balaban J connectivity index is 2.95. The molecule has 0 aliphatic carbocycles. The lowest BCUT2D eigenvalue weighted by atomic mass is 10.0. The molecule has 0 bridgehead atoms. The van der Waals surface area contributed by atoms with Crippen molar-refractivity contribution < 1.29 is 5.48 Å². The molecule has 2 heteroatoms. The van der Waals surface area contributed by atoms with Crippen LogP contribution < -0.4 is 5.48 Å². The fraction of sp³-hybridized carbons (Fsp3) is 1.00. The third kappa shape index (κ3) is 15.9. The van der Waals surface area contributed by atoms with E-state index in [4.69, 9.17) is 0 Å². The first-order valence-corrected chi connectivity index (χ1v) is 8.76. The van der Waals surface area contributed by atoms with E-state index in [-0.39, 0.29) is 6.04 Å². The Morgan fingerprint density at radius 2 is 1.05 bits per heavy atom. The number of hydrogen-bond acceptors (Lipinski definition) is 1. The van der Waals surface area contributed by atoms with Crippen LogP contribution in [0.4, 0.5) is 0 Å². The summed E-state index contributed by atoms with van der Waals surface area (Å²) < 4.78 is 0. The standard InChI is InChI=1S/C17H37NO/c1-3-4-5-6-7-8-9-10-11-12-13-14-15-16-17(2)18-19/h17H,3-16,18H2,1-2H3. The number of hydroxylamine groups is 1. The van der Waals surface area contributed by atoms with E-state index < -0.39 is 0 Å². The second-order valence-electron chi connectivity index (χ2n) is 6.14. The van der Waals surface area contributed by atoms with Crippen LogP contribution in [0.25, 0.3) is 0 Å². The molecule has 0 aromatic rings. The molecule has 1 atom stereocenters. The first kappa shape index (κ1) is 18.9. The molecular weight excluding hydrogens is 234 g/mol. The quantitative estimate of drug-likeness (QED) is 0.333. The van der Waals surface area contributed by atoms with Crippen molar-refractivity contribution in [3.63, 3.8) is 0 Å². The lowest BCUT2D eigenvalue weighted by Gasteiger charge is -2.11. The Kier molecular flexibility index (Phi) is 15.9. The summed E-state index contributed by atoms with van der Waals surface area (Å²) in [6, 6.07) is 0.271. The topological polar surface area (TPSA) is 39.7 Å². The zero-order valence-electron chi connectivity index (χ0n) is 13.5. The van der Waals surface area contributed by atoms with Crippen LogP contribution in [-0.4, -0.2) is 6.04 Å². The highest BCUT2D eigenvalue weighted by molar-refractivity contribution is 4.51. The Bertz CT molecular complexity index is 161. The summed E-state index contributed by atoms with van der Waals surface area (Å²) in [5.41, 5.74) is 1.08. The molecule has 0 aromatic heterocycles. The summed E-state index contributed by atoms with van der Waals surface area (Å²) in [5.74, 6) is 0. The molecule has 0 saturated carbocycles. The molecule has 2 nitrogen and oxygen atoms in total. The van der Waals surface area contributed by atoms with Crippen LogP contribution in [0.3, 0.4) is 0 Å². The normalized spacial score (nSPS) is 12.8. The lowest BCUT2D eigenvalue weighted by molar-refractivity contribution is -0.624. The maximum atomic E-state index is 10.5. The largest absolute Gasteiger partial charge is 0.636 e. The highest BCUT2D eigenvalue weighted by atomic mass is 16.5. The summed E-state index contributed by atoms with van der Waals surface area (Å²) in [4.78, 5) is 0. The molecule has 0 spiro atoms. The van der Waals surface area contributed by atoms with Gasteiger partial charge in [0.05, 0.1) is 6.04 Å². The van der Waals surface area contributed by atoms with Crippen LogP contribution in [0.2, 0.25) is 0 Å². The number of quaternary nitrogens is 1. The zero-order valence-corrected chi connectivity index (χ0v) is 13.5. The summed E-state index contributed by atoms with van der Waals surface area (Å²) in [7, 11) is 0. The molecule has 0 aromatic carbocycles. The fourth-order valence-electron chi connectivity index (χ4n) is 2.55. The highest BCUT2D eigenvalue weighted by Gasteiger charge is 1.99. The van der Waals surface area contributed by atoms with Crippen molar-refractivity contribution in [2.75, 3.05) is 0 Å². The summed E-state index contributed by atoms with van der Waals surface area (Å²) in [6.45, 7) is 4.30. The molecule has 0 amide bonds. The average molecular weight is 271 g/mol. The Morgan fingerprint density at radius 3 is 1.42 bits per heavy atom. The van der Waals surface area contributed by atoms with Crippen molar-refractivity contribution in [3.05, 3.63) is 5.21 Å². The van der Waals surface area contributed by atoms with E-state index in [2.05, 4.69) is 6.92 Å². The van der Waals surface area contributed by atoms with Crippen LogP contribution >= 0.6 is 0 Å². The highest BCUT2D eigenvalue weighted by Crippen LogP contribution is 2.12. The molecule has 1 unspecified atom stereocenters. The van der Waals surface area contributed by atoms with Crippen molar-refractivity contribution >= 4 is 0 Å². The minimum Gasteiger partial charge on any atom is -0.636 e. The van der Waals surface area contributed by atoms with Gasteiger partial charge in [-0.1, -0.05) is 84.0 Å². The predicted molar refractivity (Wildman–Crippen MR) is 85.1 cm³/mol. The molecular formula is C17H37NO. The van der Waals surface area contributed by atoms with Gasteiger partial charge in [-0.15, -0.1) is 0 Å². The number of rotatable bonds is 15. The first-order chi connectivity index (χ1) is 9.31. The van der Waals surface area contributed by atoms with E-state index >= 15 is 0 Å². The van der Waals surface area contributed by atoms with E-state index in [1.165, 1.54) is 83.5 Å². The third-order valence-corrected chi connectivity index (χ3v) is 4.00. The molecule has 0 heterocycles. The summed E-state index contributed by atoms with van der Waals surface area (Å²) in [6.07, 6.45) is 19.2. The number of nitrogens with two attached hydrogens (primary N) is 1. The van der Waals surface area contributed by atoms with Crippen molar-refractivity contribution in [1.29, 1.82) is 0 Å². The minimum absolute atomic E-state index is 0.271. The molecule has 0 rings (SSSR count). The molecule has 0 fully saturated rings. The monoisotopic (exact) mass is 271 g/mol. The molecule has 0 aliphatic rings. The maximum absolute atomic E-state index is 10.5. The molecule has 0 saturated heterocycles. The maximum Gasteiger partial charge on any atom is 0.0827 e. The van der Waals surface area contributed by atoms with Crippen molar-refractivity contribution in [2.24, 2.45) is 0 Å². The Labute approximate surface area is 121 Å². The van der Waals surface area contributed by atoms with Gasteiger partial charge in [-0.3, -0.25) is 0 Å². The minimum atomic E-state index is 0.271. The SMILES string of the molecule is CCCCCCCCCCCCCCCC(C)[NH2+][O-]. The van der Waals surface area contributed by atoms with E-state index in [9.17, 15) is 5.21 Å². The van der Waals surface area contributed by atoms with Gasteiger partial charge in [0.25, 0.3) is 0 Å². The molecule has 116 valence electrons. The first-order valence-electron chi connectivity index (χ1n) is 8.76. The third-order valence-electron chi connectivity index (χ3n) is 4.00. The smallest absolute Gasteiger partial charge is 0.0827 e. The molecule has 0 aliphatic heterocycles. The van der Waals surface area contributed by atoms with E-state index in [1.807, 2.05) is 6.92 Å². The van der Waals surface area contributed by atoms with Gasteiger partial charge in [-0.05, 0) is 19.8 Å². The Hall–Kier alpha value is -0.0800. The fourth-order valence-corrected chi connectivity index (χ4v) is 2.55. The Morgan fingerprint density at radius 1 is 0.684 bits per heavy atom. The van der Waals surface area contributed by atoms with E-state index in [1.54, 1.807) is 0 Å².